The number of hydrogen-bond donors (Lipinski definition) is 3. The van der Waals surface area contributed by atoms with Crippen molar-refractivity contribution in [2.45, 2.75) is 25.9 Å². The number of H-pyrrole nitrogens is 1. The molecule has 0 bridgehead atoms. The van der Waals surface area contributed by atoms with Gasteiger partial charge >= 0.3 is 0 Å². The van der Waals surface area contributed by atoms with Gasteiger partial charge in [-0.3, -0.25) is 14.7 Å². The summed E-state index contributed by atoms with van der Waals surface area (Å²) < 4.78 is 0. The lowest BCUT2D eigenvalue weighted by Crippen LogP contribution is -2.57. The van der Waals surface area contributed by atoms with Gasteiger partial charge in [0, 0.05) is 31.1 Å². The van der Waals surface area contributed by atoms with E-state index in [1.165, 1.54) is 0 Å². The van der Waals surface area contributed by atoms with E-state index in [1.807, 2.05) is 36.1 Å². The number of carbonyl (C=O) groups excluding carboxylic acids is 2. The highest BCUT2D eigenvalue weighted by molar-refractivity contribution is 6.05. The van der Waals surface area contributed by atoms with E-state index in [0.29, 0.717) is 12.2 Å². The smallest absolute Gasteiger partial charge is 0.273 e. The lowest BCUT2D eigenvalue weighted by Gasteiger charge is -2.35. The van der Waals surface area contributed by atoms with Gasteiger partial charge < -0.3 is 15.5 Å². The number of halogens is 1. The van der Waals surface area contributed by atoms with E-state index in [0.717, 1.165) is 24.0 Å². The van der Waals surface area contributed by atoms with Crippen LogP contribution >= 0.6 is 12.4 Å². The van der Waals surface area contributed by atoms with Crippen molar-refractivity contribution >= 4 is 35.1 Å². The molecule has 1 aromatic heterocycles. The zero-order valence-electron chi connectivity index (χ0n) is 13.7. The van der Waals surface area contributed by atoms with E-state index in [9.17, 15) is 9.59 Å². The average molecular weight is 352 g/mol. The second-order valence-corrected chi connectivity index (χ2v) is 5.90. The predicted octanol–water partition coefficient (Wildman–Crippen LogP) is 0.923. The van der Waals surface area contributed by atoms with Crippen molar-refractivity contribution in [1.29, 1.82) is 0 Å². The van der Waals surface area contributed by atoms with Crippen molar-refractivity contribution in [2.24, 2.45) is 0 Å². The molecule has 1 aliphatic rings. The van der Waals surface area contributed by atoms with Gasteiger partial charge in [0.05, 0.1) is 5.52 Å². The van der Waals surface area contributed by atoms with Crippen LogP contribution in [0.2, 0.25) is 0 Å². The minimum absolute atomic E-state index is 0. The molecule has 0 aliphatic carbocycles. The molecule has 3 rings (SSSR count). The van der Waals surface area contributed by atoms with E-state index in [4.69, 9.17) is 0 Å². The van der Waals surface area contributed by atoms with Gasteiger partial charge in [0.25, 0.3) is 5.91 Å². The van der Waals surface area contributed by atoms with Crippen LogP contribution in [-0.2, 0) is 4.79 Å². The van der Waals surface area contributed by atoms with E-state index in [1.54, 1.807) is 6.92 Å². The van der Waals surface area contributed by atoms with Crippen molar-refractivity contribution in [3.05, 3.63) is 30.0 Å². The van der Waals surface area contributed by atoms with Crippen LogP contribution in [0.3, 0.4) is 0 Å². The summed E-state index contributed by atoms with van der Waals surface area (Å²) in [5.41, 5.74) is 1.11. The Hall–Kier alpha value is -2.12. The number of para-hydroxylation sites is 1. The SMILES string of the molecule is CC(NC(=O)c1n[nH]c2ccccc12)C(=O)N1CCNCC1C.Cl. The fourth-order valence-electron chi connectivity index (χ4n) is 2.88. The number of nitrogens with zero attached hydrogens (tertiary/aromatic N) is 2. The molecule has 1 aliphatic heterocycles. The number of nitrogens with one attached hydrogen (secondary N) is 3. The van der Waals surface area contributed by atoms with Crippen molar-refractivity contribution in [1.82, 2.24) is 25.7 Å². The van der Waals surface area contributed by atoms with E-state index in [2.05, 4.69) is 20.8 Å². The number of carbonyl (C=O) groups is 2. The molecule has 2 unspecified atom stereocenters. The monoisotopic (exact) mass is 351 g/mol. The number of piperazine rings is 1. The molecule has 1 aromatic carbocycles. The normalized spacial score (nSPS) is 18.8. The van der Waals surface area contributed by atoms with Gasteiger partial charge in [-0.05, 0) is 19.9 Å². The topological polar surface area (TPSA) is 90.1 Å². The van der Waals surface area contributed by atoms with Crippen molar-refractivity contribution in [3.63, 3.8) is 0 Å². The summed E-state index contributed by atoms with van der Waals surface area (Å²) in [7, 11) is 0. The predicted molar refractivity (Wildman–Crippen MR) is 94.3 cm³/mol. The fourth-order valence-corrected chi connectivity index (χ4v) is 2.88. The maximum atomic E-state index is 12.5. The summed E-state index contributed by atoms with van der Waals surface area (Å²) in [6, 6.07) is 6.96. The highest BCUT2D eigenvalue weighted by atomic mass is 35.5. The van der Waals surface area contributed by atoms with Crippen LogP contribution in [0.4, 0.5) is 0 Å². The number of fused-ring (bicyclic) bond motifs is 1. The first-order chi connectivity index (χ1) is 11.1. The van der Waals surface area contributed by atoms with E-state index >= 15 is 0 Å². The van der Waals surface area contributed by atoms with Gasteiger partial charge in [-0.1, -0.05) is 18.2 Å². The standard InChI is InChI=1S/C16H21N5O2.ClH/c1-10-9-17-7-8-21(10)16(23)11(2)18-15(22)14-12-5-3-4-6-13(12)19-20-14;/h3-6,10-11,17H,7-9H2,1-2H3,(H,18,22)(H,19,20);1H. The quantitative estimate of drug-likeness (QED) is 0.767. The molecule has 7 nitrogen and oxygen atoms in total. The Morgan fingerprint density at radius 1 is 1.38 bits per heavy atom. The molecule has 0 saturated carbocycles. The van der Waals surface area contributed by atoms with Crippen molar-refractivity contribution in [3.8, 4) is 0 Å². The van der Waals surface area contributed by atoms with Crippen LogP contribution in [-0.4, -0.2) is 58.6 Å². The number of hydrogen-bond acceptors (Lipinski definition) is 4. The van der Waals surface area contributed by atoms with E-state index in [-0.39, 0.29) is 30.3 Å². The lowest BCUT2D eigenvalue weighted by atomic mass is 10.1. The first-order valence-corrected chi connectivity index (χ1v) is 7.83. The molecule has 3 N–H and O–H groups in total. The minimum atomic E-state index is -0.585. The highest BCUT2D eigenvalue weighted by Crippen LogP contribution is 2.15. The van der Waals surface area contributed by atoms with Crippen LogP contribution < -0.4 is 10.6 Å². The molecule has 0 radical (unpaired) electrons. The molecule has 1 saturated heterocycles. The maximum Gasteiger partial charge on any atom is 0.273 e. The van der Waals surface area contributed by atoms with Gasteiger partial charge in [-0.25, -0.2) is 0 Å². The molecule has 1 fully saturated rings. The minimum Gasteiger partial charge on any atom is -0.339 e. The largest absolute Gasteiger partial charge is 0.339 e. The first-order valence-electron chi connectivity index (χ1n) is 7.83. The molecule has 2 aromatic rings. The highest BCUT2D eigenvalue weighted by Gasteiger charge is 2.28. The number of benzene rings is 1. The Kier molecular flexibility index (Phi) is 5.80. The van der Waals surface area contributed by atoms with Gasteiger partial charge in [0.2, 0.25) is 5.91 Å². The Balaban J connectivity index is 0.00000208. The molecule has 130 valence electrons. The molecule has 2 atom stereocenters. The second-order valence-electron chi connectivity index (χ2n) is 5.90. The van der Waals surface area contributed by atoms with Gasteiger partial charge in [0.15, 0.2) is 5.69 Å². The van der Waals surface area contributed by atoms with Crippen LogP contribution in [0.5, 0.6) is 0 Å². The van der Waals surface area contributed by atoms with Crippen LogP contribution in [0.25, 0.3) is 10.9 Å². The first kappa shape index (κ1) is 18.2. The third-order valence-electron chi connectivity index (χ3n) is 4.19. The summed E-state index contributed by atoms with van der Waals surface area (Å²) >= 11 is 0. The molecule has 2 amide bonds. The Bertz CT molecular complexity index is 732. The molecular weight excluding hydrogens is 330 g/mol. The number of aromatic amines is 1. The summed E-state index contributed by atoms with van der Waals surface area (Å²) in [4.78, 5) is 26.8. The molecule has 24 heavy (non-hydrogen) atoms. The zero-order chi connectivity index (χ0) is 16.4. The molecule has 0 spiro atoms. The average Bonchev–Trinajstić information content (AvgIpc) is 2.98. The lowest BCUT2D eigenvalue weighted by molar-refractivity contribution is -0.135. The fraction of sp³-hybridized carbons (Fsp3) is 0.438. The summed E-state index contributed by atoms with van der Waals surface area (Å²) in [5, 5.41) is 13.6. The van der Waals surface area contributed by atoms with Gasteiger partial charge in [-0.15, -0.1) is 12.4 Å². The zero-order valence-corrected chi connectivity index (χ0v) is 14.5. The Labute approximate surface area is 146 Å². The molecular formula is C16H22ClN5O2. The number of amides is 2. The Morgan fingerprint density at radius 3 is 2.88 bits per heavy atom. The molecule has 8 heteroatoms. The van der Waals surface area contributed by atoms with Gasteiger partial charge in [-0.2, -0.15) is 5.10 Å². The van der Waals surface area contributed by atoms with Gasteiger partial charge in [0.1, 0.15) is 6.04 Å². The van der Waals surface area contributed by atoms with Crippen LogP contribution in [0, 0.1) is 0 Å². The second kappa shape index (κ2) is 7.63. The summed E-state index contributed by atoms with van der Waals surface area (Å²) in [6.07, 6.45) is 0. The van der Waals surface area contributed by atoms with Crippen molar-refractivity contribution < 1.29 is 9.59 Å². The van der Waals surface area contributed by atoms with Crippen LogP contribution in [0.15, 0.2) is 24.3 Å². The Morgan fingerprint density at radius 2 is 2.12 bits per heavy atom. The summed E-state index contributed by atoms with van der Waals surface area (Å²) in [5.74, 6) is -0.404. The third kappa shape index (κ3) is 3.52. The molecule has 2 heterocycles. The summed E-state index contributed by atoms with van der Waals surface area (Å²) in [6.45, 7) is 5.92. The third-order valence-corrected chi connectivity index (χ3v) is 4.19. The number of rotatable bonds is 3. The van der Waals surface area contributed by atoms with E-state index < -0.39 is 6.04 Å². The maximum absolute atomic E-state index is 12.5. The van der Waals surface area contributed by atoms with Crippen LogP contribution in [0.1, 0.15) is 24.3 Å². The van der Waals surface area contributed by atoms with Crippen molar-refractivity contribution in [2.75, 3.05) is 19.6 Å². The number of aromatic nitrogens is 2.